The SMILES string of the molecule is Cc1cc(C)cc(C(=O)N(C)[C@@H](Cc2ccc(-c3ccsc3)cc2)C(=O)N([C@@H](Cc2c[nH]c3ccccc23)C(N)=O)S(=O)(=O)c2ccccc2)c1. The number of thiophene rings is 1. The Hall–Kier alpha value is -5.52. The summed E-state index contributed by atoms with van der Waals surface area (Å²) >= 11 is 1.58. The molecule has 3 N–H and O–H groups in total. The first-order valence-corrected chi connectivity index (χ1v) is 18.8. The number of hydrogen-bond donors (Lipinski definition) is 2. The van der Waals surface area contributed by atoms with E-state index in [1.54, 1.807) is 35.7 Å². The number of sulfonamides is 1. The monoisotopic (exact) mass is 718 g/mol. The van der Waals surface area contributed by atoms with Gasteiger partial charge in [0.05, 0.1) is 4.90 Å². The van der Waals surface area contributed by atoms with Gasteiger partial charge in [0.1, 0.15) is 12.1 Å². The third-order valence-corrected chi connectivity index (χ3v) is 11.5. The number of amides is 3. The van der Waals surface area contributed by atoms with Crippen LogP contribution in [0.2, 0.25) is 0 Å². The Morgan fingerprint density at radius 1 is 0.804 bits per heavy atom. The highest BCUT2D eigenvalue weighted by Crippen LogP contribution is 2.28. The van der Waals surface area contributed by atoms with Crippen LogP contribution < -0.4 is 5.73 Å². The van der Waals surface area contributed by atoms with E-state index in [0.29, 0.717) is 21.0 Å². The van der Waals surface area contributed by atoms with Crippen LogP contribution in [0.3, 0.4) is 0 Å². The van der Waals surface area contributed by atoms with Gasteiger partial charge in [-0.05, 0) is 83.3 Å². The first-order chi connectivity index (χ1) is 24.4. The van der Waals surface area contributed by atoms with E-state index >= 15 is 4.79 Å². The van der Waals surface area contributed by atoms with Crippen LogP contribution in [0.4, 0.5) is 0 Å². The number of aromatic nitrogens is 1. The number of nitrogens with one attached hydrogen (secondary N) is 1. The number of H-pyrrole nitrogens is 1. The molecule has 2 aromatic heterocycles. The van der Waals surface area contributed by atoms with Crippen molar-refractivity contribution in [3.63, 3.8) is 0 Å². The van der Waals surface area contributed by atoms with E-state index in [1.807, 2.05) is 85.3 Å². The molecule has 0 fully saturated rings. The largest absolute Gasteiger partial charge is 0.368 e. The third-order valence-electron chi connectivity index (χ3n) is 9.00. The second-order valence-corrected chi connectivity index (χ2v) is 15.3. The number of nitrogens with two attached hydrogens (primary N) is 1. The summed E-state index contributed by atoms with van der Waals surface area (Å²) in [6.07, 6.45) is 1.46. The zero-order valence-corrected chi connectivity index (χ0v) is 30.1. The Labute approximate surface area is 301 Å². The van der Waals surface area contributed by atoms with Crippen molar-refractivity contribution < 1.29 is 22.8 Å². The number of nitrogens with zero attached hydrogens (tertiary/aromatic N) is 2. The number of benzene rings is 4. The van der Waals surface area contributed by atoms with Crippen LogP contribution in [0.15, 0.2) is 125 Å². The van der Waals surface area contributed by atoms with Crippen molar-refractivity contribution >= 4 is 50.0 Å². The van der Waals surface area contributed by atoms with Gasteiger partial charge >= 0.3 is 0 Å². The smallest absolute Gasteiger partial charge is 0.267 e. The van der Waals surface area contributed by atoms with Crippen LogP contribution in [0.5, 0.6) is 0 Å². The fourth-order valence-corrected chi connectivity index (χ4v) is 8.68. The van der Waals surface area contributed by atoms with Gasteiger partial charge in [-0.2, -0.15) is 11.3 Å². The second-order valence-electron chi connectivity index (χ2n) is 12.7. The van der Waals surface area contributed by atoms with Crippen molar-refractivity contribution in [2.75, 3.05) is 7.05 Å². The fraction of sp³-hybridized carbons (Fsp3) is 0.175. The van der Waals surface area contributed by atoms with Gasteiger partial charge in [-0.15, -0.1) is 0 Å². The normalized spacial score (nSPS) is 12.7. The molecule has 0 aliphatic heterocycles. The highest BCUT2D eigenvalue weighted by molar-refractivity contribution is 7.89. The summed E-state index contributed by atoms with van der Waals surface area (Å²) in [5.41, 5.74) is 12.2. The molecule has 0 spiro atoms. The number of para-hydroxylation sites is 1. The maximum Gasteiger partial charge on any atom is 0.267 e. The molecular weight excluding hydrogens is 681 g/mol. The molecular formula is C40H38N4O5S2. The van der Waals surface area contributed by atoms with Crippen molar-refractivity contribution in [3.8, 4) is 11.1 Å². The molecule has 51 heavy (non-hydrogen) atoms. The number of carbonyl (C=O) groups excluding carboxylic acids is 3. The predicted molar refractivity (Wildman–Crippen MR) is 201 cm³/mol. The molecule has 3 amide bonds. The van der Waals surface area contributed by atoms with E-state index in [0.717, 1.165) is 33.2 Å². The Balaban J connectivity index is 1.47. The average Bonchev–Trinajstić information content (AvgIpc) is 3.81. The molecule has 0 aliphatic rings. The van der Waals surface area contributed by atoms with E-state index < -0.39 is 39.8 Å². The lowest BCUT2D eigenvalue weighted by Crippen LogP contribution is -2.58. The minimum atomic E-state index is -4.68. The fourth-order valence-electron chi connectivity index (χ4n) is 6.42. The quantitative estimate of drug-likeness (QED) is 0.149. The van der Waals surface area contributed by atoms with Crippen LogP contribution >= 0.6 is 11.3 Å². The molecule has 0 bridgehead atoms. The topological polar surface area (TPSA) is 134 Å². The number of hydrogen-bond acceptors (Lipinski definition) is 6. The first kappa shape index (κ1) is 35.3. The molecule has 0 radical (unpaired) electrons. The maximum atomic E-state index is 15.1. The molecule has 4 aromatic carbocycles. The van der Waals surface area contributed by atoms with Crippen LogP contribution in [-0.4, -0.2) is 59.5 Å². The van der Waals surface area contributed by atoms with Crippen molar-refractivity contribution in [3.05, 3.63) is 148 Å². The highest BCUT2D eigenvalue weighted by Gasteiger charge is 2.44. The number of fused-ring (bicyclic) bond motifs is 1. The zero-order chi connectivity index (χ0) is 36.3. The standard InChI is InChI=1S/C40H38N4O5S2/c1-26-19-27(2)21-31(20-26)39(46)43(3)37(22-28-13-15-29(16-14-28)30-17-18-50-25-30)40(47)44(51(48,49)33-9-5-4-6-10-33)36(38(41)45)23-32-24-42-35-12-8-7-11-34(32)35/h4-21,24-25,36-37,42H,22-23H2,1-3H3,(H2,41,45)/t36-,37-/m0/s1. The van der Waals surface area contributed by atoms with Gasteiger partial charge in [0, 0.05) is 42.6 Å². The lowest BCUT2D eigenvalue weighted by molar-refractivity contribution is -0.137. The summed E-state index contributed by atoms with van der Waals surface area (Å²) in [7, 11) is -3.20. The molecule has 0 aliphatic carbocycles. The third kappa shape index (κ3) is 7.50. The molecule has 260 valence electrons. The molecule has 9 nitrogen and oxygen atoms in total. The number of carbonyl (C=O) groups is 3. The molecule has 2 heterocycles. The van der Waals surface area contributed by atoms with Crippen molar-refractivity contribution in [1.29, 1.82) is 0 Å². The van der Waals surface area contributed by atoms with E-state index in [-0.39, 0.29) is 17.7 Å². The van der Waals surface area contributed by atoms with Crippen LogP contribution in [0.1, 0.15) is 32.6 Å². The van der Waals surface area contributed by atoms with Gasteiger partial charge in [-0.3, -0.25) is 14.4 Å². The van der Waals surface area contributed by atoms with Crippen LogP contribution in [0.25, 0.3) is 22.0 Å². The number of aryl methyl sites for hydroxylation is 2. The molecule has 6 aromatic rings. The molecule has 6 rings (SSSR count). The maximum absolute atomic E-state index is 15.1. The summed E-state index contributed by atoms with van der Waals surface area (Å²) in [5, 5.41) is 4.78. The molecule has 11 heteroatoms. The minimum absolute atomic E-state index is 0.0326. The summed E-state index contributed by atoms with van der Waals surface area (Å²) < 4.78 is 29.8. The lowest BCUT2D eigenvalue weighted by atomic mass is 9.99. The van der Waals surface area contributed by atoms with Gasteiger partial charge < -0.3 is 15.6 Å². The van der Waals surface area contributed by atoms with Crippen LogP contribution in [0, 0.1) is 13.8 Å². The summed E-state index contributed by atoms with van der Waals surface area (Å²) in [4.78, 5) is 46.9. The molecule has 0 unspecified atom stereocenters. The van der Waals surface area contributed by atoms with E-state index in [9.17, 15) is 18.0 Å². The number of aromatic amines is 1. The summed E-state index contributed by atoms with van der Waals surface area (Å²) in [5.74, 6) is -2.43. The van der Waals surface area contributed by atoms with E-state index in [2.05, 4.69) is 4.98 Å². The second kappa shape index (κ2) is 14.8. The van der Waals surface area contributed by atoms with Gasteiger partial charge in [-0.1, -0.05) is 77.9 Å². The Morgan fingerprint density at radius 3 is 2.12 bits per heavy atom. The number of rotatable bonds is 12. The Morgan fingerprint density at radius 2 is 1.47 bits per heavy atom. The van der Waals surface area contributed by atoms with Crippen molar-refractivity contribution in [2.24, 2.45) is 5.73 Å². The predicted octanol–water partition coefficient (Wildman–Crippen LogP) is 6.51. The minimum Gasteiger partial charge on any atom is -0.368 e. The highest BCUT2D eigenvalue weighted by atomic mass is 32.2. The van der Waals surface area contributed by atoms with Crippen LogP contribution in [-0.2, 0) is 32.5 Å². The van der Waals surface area contributed by atoms with Crippen molar-refractivity contribution in [2.45, 2.75) is 43.7 Å². The lowest BCUT2D eigenvalue weighted by Gasteiger charge is -2.35. The summed E-state index contributed by atoms with van der Waals surface area (Å²) in [6.45, 7) is 3.75. The zero-order valence-electron chi connectivity index (χ0n) is 28.4. The van der Waals surface area contributed by atoms with Gasteiger partial charge in [-0.25, -0.2) is 12.7 Å². The number of likely N-dealkylation sites (N-methyl/N-ethyl adjacent to an activating group) is 1. The van der Waals surface area contributed by atoms with Crippen molar-refractivity contribution in [1.82, 2.24) is 14.2 Å². The van der Waals surface area contributed by atoms with Gasteiger partial charge in [0.2, 0.25) is 5.91 Å². The Kier molecular flexibility index (Phi) is 10.2. The van der Waals surface area contributed by atoms with E-state index in [1.165, 1.54) is 36.2 Å². The first-order valence-electron chi connectivity index (χ1n) is 16.4. The number of primary amides is 1. The average molecular weight is 719 g/mol. The molecule has 0 saturated heterocycles. The Bertz CT molecular complexity index is 2280. The van der Waals surface area contributed by atoms with Gasteiger partial charge in [0.25, 0.3) is 21.8 Å². The van der Waals surface area contributed by atoms with Gasteiger partial charge in [0.15, 0.2) is 0 Å². The molecule has 0 saturated carbocycles. The molecule has 2 atom stereocenters. The summed E-state index contributed by atoms with van der Waals surface area (Å²) in [6, 6.07) is 26.8. The van der Waals surface area contributed by atoms with E-state index in [4.69, 9.17) is 5.73 Å².